The SMILES string of the molecule is Clc1ccc(N(c2ccc(-c3ccccc3)cc2)c2ccc(-c3ccccc3)cc2)cc1-c1nc(-c2ccccc2)nc(-c2ccccc2)n1. The van der Waals surface area contributed by atoms with Gasteiger partial charge in [-0.2, -0.15) is 0 Å². The molecule has 8 aromatic rings. The second kappa shape index (κ2) is 14.0. The Morgan fingerprint density at radius 3 is 1.08 bits per heavy atom. The van der Waals surface area contributed by atoms with Crippen LogP contribution in [0.3, 0.4) is 0 Å². The van der Waals surface area contributed by atoms with Gasteiger partial charge in [0.2, 0.25) is 0 Å². The van der Waals surface area contributed by atoms with Gasteiger partial charge in [-0.05, 0) is 64.7 Å². The van der Waals surface area contributed by atoms with E-state index in [2.05, 4.69) is 108 Å². The van der Waals surface area contributed by atoms with Gasteiger partial charge in [0.25, 0.3) is 0 Å². The van der Waals surface area contributed by atoms with Crippen LogP contribution in [0, 0.1) is 0 Å². The first-order valence-electron chi connectivity index (χ1n) is 16.5. The van der Waals surface area contributed by atoms with Crippen molar-refractivity contribution < 1.29 is 0 Å². The zero-order chi connectivity index (χ0) is 33.7. The van der Waals surface area contributed by atoms with Gasteiger partial charge in [-0.1, -0.05) is 157 Å². The van der Waals surface area contributed by atoms with Crippen molar-refractivity contribution in [3.8, 4) is 56.4 Å². The Morgan fingerprint density at radius 1 is 0.320 bits per heavy atom. The van der Waals surface area contributed by atoms with Crippen LogP contribution in [-0.4, -0.2) is 15.0 Å². The number of halogens is 1. The fourth-order valence-electron chi connectivity index (χ4n) is 6.07. The van der Waals surface area contributed by atoms with Crippen molar-refractivity contribution in [3.63, 3.8) is 0 Å². The monoisotopic (exact) mass is 662 g/mol. The van der Waals surface area contributed by atoms with E-state index in [0.717, 1.165) is 39.3 Å². The molecule has 1 aromatic heterocycles. The van der Waals surface area contributed by atoms with Crippen LogP contribution >= 0.6 is 11.6 Å². The van der Waals surface area contributed by atoms with E-state index in [4.69, 9.17) is 26.6 Å². The predicted octanol–water partition coefficient (Wildman–Crippen LogP) is 12.3. The first kappa shape index (κ1) is 30.9. The summed E-state index contributed by atoms with van der Waals surface area (Å²) in [6.45, 7) is 0. The van der Waals surface area contributed by atoms with Crippen molar-refractivity contribution in [2.45, 2.75) is 0 Å². The van der Waals surface area contributed by atoms with Crippen molar-refractivity contribution in [1.82, 2.24) is 15.0 Å². The Morgan fingerprint density at radius 2 is 0.660 bits per heavy atom. The normalized spacial score (nSPS) is 10.9. The van der Waals surface area contributed by atoms with Crippen LogP contribution in [0.1, 0.15) is 0 Å². The zero-order valence-electron chi connectivity index (χ0n) is 27.1. The number of anilines is 3. The van der Waals surface area contributed by atoms with E-state index >= 15 is 0 Å². The highest BCUT2D eigenvalue weighted by Crippen LogP contribution is 2.40. The Hall–Kier alpha value is -6.36. The maximum Gasteiger partial charge on any atom is 0.165 e. The Balaban J connectivity index is 1.26. The molecule has 0 amide bonds. The minimum Gasteiger partial charge on any atom is -0.310 e. The summed E-state index contributed by atoms with van der Waals surface area (Å²) in [6.07, 6.45) is 0. The summed E-state index contributed by atoms with van der Waals surface area (Å²) in [5.74, 6) is 1.67. The summed E-state index contributed by atoms with van der Waals surface area (Å²) in [6, 6.07) is 64.1. The topological polar surface area (TPSA) is 41.9 Å². The molecule has 5 heteroatoms. The maximum absolute atomic E-state index is 6.98. The molecule has 0 aliphatic rings. The second-order valence-electron chi connectivity index (χ2n) is 11.9. The molecule has 4 nitrogen and oxygen atoms in total. The van der Waals surface area contributed by atoms with Gasteiger partial charge >= 0.3 is 0 Å². The molecule has 0 fully saturated rings. The minimum absolute atomic E-state index is 0.503. The molecule has 238 valence electrons. The fourth-order valence-corrected chi connectivity index (χ4v) is 6.27. The Bertz CT molecular complexity index is 2210. The lowest BCUT2D eigenvalue weighted by atomic mass is 10.0. The van der Waals surface area contributed by atoms with E-state index in [1.165, 1.54) is 11.1 Å². The zero-order valence-corrected chi connectivity index (χ0v) is 27.8. The highest BCUT2D eigenvalue weighted by atomic mass is 35.5. The first-order valence-corrected chi connectivity index (χ1v) is 16.9. The van der Waals surface area contributed by atoms with Crippen LogP contribution in [-0.2, 0) is 0 Å². The average Bonchev–Trinajstić information content (AvgIpc) is 3.20. The molecule has 0 saturated heterocycles. The van der Waals surface area contributed by atoms with Gasteiger partial charge in [-0.25, -0.2) is 15.0 Å². The largest absolute Gasteiger partial charge is 0.310 e. The molecule has 7 aromatic carbocycles. The van der Waals surface area contributed by atoms with Crippen molar-refractivity contribution in [2.75, 3.05) is 4.90 Å². The van der Waals surface area contributed by atoms with Crippen molar-refractivity contribution >= 4 is 28.7 Å². The first-order chi connectivity index (χ1) is 24.7. The molecule has 50 heavy (non-hydrogen) atoms. The summed E-state index contributed by atoms with van der Waals surface area (Å²) < 4.78 is 0. The lowest BCUT2D eigenvalue weighted by Crippen LogP contribution is -2.10. The summed E-state index contributed by atoms with van der Waals surface area (Å²) in [4.78, 5) is 17.1. The van der Waals surface area contributed by atoms with Crippen LogP contribution in [0.2, 0.25) is 5.02 Å². The predicted molar refractivity (Wildman–Crippen MR) is 207 cm³/mol. The molecule has 0 unspecified atom stereocenters. The third-order valence-corrected chi connectivity index (χ3v) is 8.94. The molecule has 1 heterocycles. The minimum atomic E-state index is 0.503. The van der Waals surface area contributed by atoms with E-state index in [0.29, 0.717) is 28.1 Å². The van der Waals surface area contributed by atoms with Gasteiger partial charge < -0.3 is 4.90 Å². The van der Waals surface area contributed by atoms with Gasteiger partial charge in [0.1, 0.15) is 0 Å². The third kappa shape index (κ3) is 6.53. The summed E-state index contributed by atoms with van der Waals surface area (Å²) >= 11 is 6.98. The third-order valence-electron chi connectivity index (χ3n) is 8.61. The molecule has 0 aliphatic carbocycles. The van der Waals surface area contributed by atoms with Gasteiger partial charge in [-0.3, -0.25) is 0 Å². The molecule has 0 saturated carbocycles. The molecule has 0 atom stereocenters. The molecular formula is C45H31ClN4. The number of aromatic nitrogens is 3. The van der Waals surface area contributed by atoms with Gasteiger partial charge in [-0.15, -0.1) is 0 Å². The number of hydrogen-bond donors (Lipinski definition) is 0. The van der Waals surface area contributed by atoms with Crippen LogP contribution in [0.25, 0.3) is 56.4 Å². The van der Waals surface area contributed by atoms with E-state index < -0.39 is 0 Å². The number of nitrogens with zero attached hydrogens (tertiary/aromatic N) is 4. The summed E-state index contributed by atoms with van der Waals surface area (Å²) in [7, 11) is 0. The summed E-state index contributed by atoms with van der Waals surface area (Å²) in [5, 5.41) is 0.553. The number of rotatable bonds is 8. The Kier molecular flexibility index (Phi) is 8.67. The average molecular weight is 663 g/mol. The standard InChI is InChI=1S/C45H31ClN4/c46-42-30-29-40(31-41(42)45-48-43(36-17-9-3-10-18-36)47-44(49-45)37-19-11-4-12-20-37)50(38-25-21-34(22-26-38)32-13-5-1-6-14-32)39-27-23-35(24-28-39)33-15-7-2-8-16-33/h1-31H. The van der Waals surface area contributed by atoms with Gasteiger partial charge in [0, 0.05) is 33.8 Å². The van der Waals surface area contributed by atoms with E-state index in [9.17, 15) is 0 Å². The van der Waals surface area contributed by atoms with Crippen molar-refractivity contribution in [3.05, 3.63) is 193 Å². The second-order valence-corrected chi connectivity index (χ2v) is 12.3. The van der Waals surface area contributed by atoms with E-state index in [1.807, 2.05) is 84.9 Å². The van der Waals surface area contributed by atoms with E-state index in [-0.39, 0.29) is 0 Å². The van der Waals surface area contributed by atoms with Gasteiger partial charge in [0.15, 0.2) is 17.5 Å². The smallest absolute Gasteiger partial charge is 0.165 e. The van der Waals surface area contributed by atoms with Gasteiger partial charge in [0.05, 0.1) is 5.02 Å². The van der Waals surface area contributed by atoms with Crippen LogP contribution in [0.15, 0.2) is 188 Å². The molecule has 0 aliphatic heterocycles. The van der Waals surface area contributed by atoms with Crippen LogP contribution < -0.4 is 4.90 Å². The van der Waals surface area contributed by atoms with E-state index in [1.54, 1.807) is 0 Å². The molecule has 8 rings (SSSR count). The molecule has 0 N–H and O–H groups in total. The number of benzene rings is 7. The van der Waals surface area contributed by atoms with Crippen molar-refractivity contribution in [2.24, 2.45) is 0 Å². The lowest BCUT2D eigenvalue weighted by molar-refractivity contribution is 1.07. The molecular weight excluding hydrogens is 632 g/mol. The molecule has 0 spiro atoms. The number of hydrogen-bond acceptors (Lipinski definition) is 4. The van der Waals surface area contributed by atoms with Crippen molar-refractivity contribution in [1.29, 1.82) is 0 Å². The Labute approximate surface area is 297 Å². The molecule has 0 radical (unpaired) electrons. The van der Waals surface area contributed by atoms with Crippen LogP contribution in [0.4, 0.5) is 17.1 Å². The van der Waals surface area contributed by atoms with Crippen LogP contribution in [0.5, 0.6) is 0 Å². The summed E-state index contributed by atoms with van der Waals surface area (Å²) in [5.41, 5.74) is 10.1. The highest BCUT2D eigenvalue weighted by Gasteiger charge is 2.19. The maximum atomic E-state index is 6.98. The quantitative estimate of drug-likeness (QED) is 0.162. The lowest BCUT2D eigenvalue weighted by Gasteiger charge is -2.26. The fraction of sp³-hybridized carbons (Fsp3) is 0. The highest BCUT2D eigenvalue weighted by molar-refractivity contribution is 6.33. The molecule has 0 bridgehead atoms.